The first-order chi connectivity index (χ1) is 8.85. The average Bonchev–Trinajstić information content (AvgIpc) is 2.66. The summed E-state index contributed by atoms with van der Waals surface area (Å²) in [5.74, 6) is -0.560. The van der Waals surface area contributed by atoms with Gasteiger partial charge in [0, 0.05) is 13.1 Å². The molecule has 5 nitrogen and oxygen atoms in total. The first-order valence-electron chi connectivity index (χ1n) is 6.23. The fraction of sp³-hybridized carbons (Fsp3) is 0.538. The van der Waals surface area contributed by atoms with Crippen LogP contribution in [0.25, 0.3) is 0 Å². The molecule has 2 rings (SSSR count). The van der Waals surface area contributed by atoms with Gasteiger partial charge in [-0.2, -0.15) is 5.26 Å². The van der Waals surface area contributed by atoms with Crippen LogP contribution in [0.5, 0.6) is 0 Å². The minimum atomic E-state index is -0.560. The third-order valence-corrected chi connectivity index (χ3v) is 4.85. The molecule has 0 aliphatic carbocycles. The van der Waals surface area contributed by atoms with Crippen molar-refractivity contribution in [1.82, 2.24) is 0 Å². The molecule has 4 N–H and O–H groups in total. The van der Waals surface area contributed by atoms with E-state index in [2.05, 4.69) is 18.7 Å². The third kappa shape index (κ3) is 2.51. The molecule has 1 aliphatic heterocycles. The van der Waals surface area contributed by atoms with E-state index in [0.29, 0.717) is 15.9 Å². The number of thiophene rings is 1. The van der Waals surface area contributed by atoms with Crippen LogP contribution in [0.3, 0.4) is 0 Å². The van der Waals surface area contributed by atoms with E-state index in [1.165, 1.54) is 11.3 Å². The molecular formula is C13H18N4OS. The van der Waals surface area contributed by atoms with Crippen LogP contribution < -0.4 is 16.4 Å². The van der Waals surface area contributed by atoms with Crippen molar-refractivity contribution in [3.63, 3.8) is 0 Å². The lowest BCUT2D eigenvalue weighted by molar-refractivity contribution is 0.100. The van der Waals surface area contributed by atoms with Gasteiger partial charge in [-0.05, 0) is 18.3 Å². The Morgan fingerprint density at radius 3 is 2.47 bits per heavy atom. The summed E-state index contributed by atoms with van der Waals surface area (Å²) < 4.78 is 0. The van der Waals surface area contributed by atoms with E-state index < -0.39 is 5.91 Å². The Morgan fingerprint density at radius 2 is 2.00 bits per heavy atom. The minimum Gasteiger partial charge on any atom is -0.396 e. The monoisotopic (exact) mass is 278 g/mol. The van der Waals surface area contributed by atoms with Gasteiger partial charge in [-0.15, -0.1) is 11.3 Å². The fourth-order valence-electron chi connectivity index (χ4n) is 2.29. The molecule has 0 radical (unpaired) electrons. The number of rotatable bonds is 2. The Bertz CT molecular complexity index is 546. The molecule has 1 amide bonds. The first kappa shape index (κ1) is 13.7. The molecule has 0 saturated carbocycles. The van der Waals surface area contributed by atoms with E-state index in [-0.39, 0.29) is 5.69 Å². The SMILES string of the molecule is CC1(C)CCN(c2sc(C#N)c(N)c2C(N)=O)CC1. The molecule has 1 aromatic rings. The van der Waals surface area contributed by atoms with Crippen molar-refractivity contribution in [1.29, 1.82) is 5.26 Å². The van der Waals surface area contributed by atoms with Crippen LogP contribution in [0.1, 0.15) is 41.9 Å². The zero-order valence-corrected chi connectivity index (χ0v) is 12.0. The normalized spacial score (nSPS) is 18.1. The maximum absolute atomic E-state index is 11.6. The topological polar surface area (TPSA) is 96.1 Å². The van der Waals surface area contributed by atoms with Crippen LogP contribution >= 0.6 is 11.3 Å². The zero-order valence-electron chi connectivity index (χ0n) is 11.2. The molecule has 1 aliphatic rings. The number of amides is 1. The van der Waals surface area contributed by atoms with Crippen molar-refractivity contribution < 1.29 is 4.79 Å². The Kier molecular flexibility index (Phi) is 3.42. The Labute approximate surface area is 116 Å². The second-order valence-corrected chi connectivity index (χ2v) is 6.65. The first-order valence-corrected chi connectivity index (χ1v) is 7.04. The average molecular weight is 278 g/mol. The van der Waals surface area contributed by atoms with Crippen molar-refractivity contribution >= 4 is 27.9 Å². The largest absolute Gasteiger partial charge is 0.396 e. The molecule has 19 heavy (non-hydrogen) atoms. The van der Waals surface area contributed by atoms with Crippen LogP contribution in [0, 0.1) is 16.7 Å². The van der Waals surface area contributed by atoms with Gasteiger partial charge in [-0.3, -0.25) is 4.79 Å². The van der Waals surface area contributed by atoms with Crippen molar-refractivity contribution in [2.45, 2.75) is 26.7 Å². The summed E-state index contributed by atoms with van der Waals surface area (Å²) in [5, 5.41) is 9.78. The van der Waals surface area contributed by atoms with E-state index in [9.17, 15) is 4.79 Å². The lowest BCUT2D eigenvalue weighted by Crippen LogP contribution is -2.37. The number of hydrogen-bond donors (Lipinski definition) is 2. The van der Waals surface area contributed by atoms with Crippen molar-refractivity contribution in [2.24, 2.45) is 11.1 Å². The number of carbonyl (C=O) groups is 1. The second-order valence-electron chi connectivity index (χ2n) is 5.65. The van der Waals surface area contributed by atoms with Gasteiger partial charge < -0.3 is 16.4 Å². The molecule has 0 atom stereocenters. The highest BCUT2D eigenvalue weighted by atomic mass is 32.1. The van der Waals surface area contributed by atoms with Crippen LogP contribution in [0.15, 0.2) is 0 Å². The molecule has 1 saturated heterocycles. The Morgan fingerprint density at radius 1 is 1.42 bits per heavy atom. The molecule has 102 valence electrons. The summed E-state index contributed by atoms with van der Waals surface area (Å²) in [7, 11) is 0. The molecule has 6 heteroatoms. The third-order valence-electron chi connectivity index (χ3n) is 3.68. The molecule has 0 unspecified atom stereocenters. The molecule has 0 bridgehead atoms. The van der Waals surface area contributed by atoms with E-state index in [4.69, 9.17) is 16.7 Å². The predicted molar refractivity (Wildman–Crippen MR) is 77.2 cm³/mol. The highest BCUT2D eigenvalue weighted by Gasteiger charge is 2.30. The van der Waals surface area contributed by atoms with Crippen LogP contribution in [-0.2, 0) is 0 Å². The van der Waals surface area contributed by atoms with Crippen LogP contribution in [0.4, 0.5) is 10.7 Å². The van der Waals surface area contributed by atoms with Gasteiger partial charge in [0.05, 0.1) is 11.3 Å². The Balaban J connectivity index is 2.36. The van der Waals surface area contributed by atoms with Crippen LogP contribution in [0.2, 0.25) is 0 Å². The van der Waals surface area contributed by atoms with Gasteiger partial charge >= 0.3 is 0 Å². The number of anilines is 2. The Hall–Kier alpha value is -1.74. The van der Waals surface area contributed by atoms with Gasteiger partial charge in [0.25, 0.3) is 5.91 Å². The van der Waals surface area contributed by atoms with Crippen molar-refractivity contribution in [3.8, 4) is 6.07 Å². The second kappa shape index (κ2) is 4.74. The summed E-state index contributed by atoms with van der Waals surface area (Å²) >= 11 is 1.26. The molecule has 2 heterocycles. The number of hydrogen-bond acceptors (Lipinski definition) is 5. The molecule has 0 spiro atoms. The zero-order chi connectivity index (χ0) is 14.2. The lowest BCUT2D eigenvalue weighted by Gasteiger charge is -2.37. The summed E-state index contributed by atoms with van der Waals surface area (Å²) in [4.78, 5) is 14.0. The van der Waals surface area contributed by atoms with Crippen molar-refractivity contribution in [3.05, 3.63) is 10.4 Å². The maximum atomic E-state index is 11.6. The lowest BCUT2D eigenvalue weighted by atomic mass is 9.83. The fourth-order valence-corrected chi connectivity index (χ4v) is 3.37. The van der Waals surface area contributed by atoms with E-state index in [1.807, 2.05) is 6.07 Å². The smallest absolute Gasteiger partial charge is 0.253 e. The van der Waals surface area contributed by atoms with Gasteiger partial charge in [-0.25, -0.2) is 0 Å². The van der Waals surface area contributed by atoms with Gasteiger partial charge in [0.15, 0.2) is 0 Å². The van der Waals surface area contributed by atoms with Gasteiger partial charge in [0.1, 0.15) is 15.9 Å². The van der Waals surface area contributed by atoms with Crippen molar-refractivity contribution in [2.75, 3.05) is 23.7 Å². The quantitative estimate of drug-likeness (QED) is 0.863. The minimum absolute atomic E-state index is 0.222. The number of piperidine rings is 1. The number of nitriles is 1. The molecule has 1 aromatic heterocycles. The number of nitrogens with two attached hydrogens (primary N) is 2. The molecule has 1 fully saturated rings. The summed E-state index contributed by atoms with van der Waals surface area (Å²) in [6.07, 6.45) is 2.09. The number of primary amides is 1. The van der Waals surface area contributed by atoms with Gasteiger partial charge in [-0.1, -0.05) is 13.8 Å². The van der Waals surface area contributed by atoms with Gasteiger partial charge in [0.2, 0.25) is 0 Å². The standard InChI is InChI=1S/C13H18N4OS/c1-13(2)3-5-17(6-4-13)12-9(11(16)18)10(15)8(7-14)19-12/h3-6,15H2,1-2H3,(H2,16,18). The maximum Gasteiger partial charge on any atom is 0.253 e. The van der Waals surface area contributed by atoms with E-state index in [1.54, 1.807) is 0 Å². The molecule has 0 aromatic carbocycles. The predicted octanol–water partition coefficient (Wildman–Crippen LogP) is 1.93. The number of nitrogen functional groups attached to an aromatic ring is 1. The van der Waals surface area contributed by atoms with E-state index >= 15 is 0 Å². The summed E-state index contributed by atoms with van der Waals surface area (Å²) in [5.41, 5.74) is 12.1. The number of carbonyl (C=O) groups excluding carboxylic acids is 1. The summed E-state index contributed by atoms with van der Waals surface area (Å²) in [6.45, 7) is 6.20. The summed E-state index contributed by atoms with van der Waals surface area (Å²) in [6, 6.07) is 2.03. The van der Waals surface area contributed by atoms with E-state index in [0.717, 1.165) is 30.9 Å². The highest BCUT2D eigenvalue weighted by Crippen LogP contribution is 2.41. The van der Waals surface area contributed by atoms with Crippen LogP contribution in [-0.4, -0.2) is 19.0 Å². The molecular weight excluding hydrogens is 260 g/mol. The number of nitrogens with zero attached hydrogens (tertiary/aromatic N) is 2. The highest BCUT2D eigenvalue weighted by molar-refractivity contribution is 7.17.